The summed E-state index contributed by atoms with van der Waals surface area (Å²) in [5.74, 6) is 2.90. The molecule has 2 saturated carbocycles. The Bertz CT molecular complexity index is 837. The first-order valence-corrected chi connectivity index (χ1v) is 13.7. The van der Waals surface area contributed by atoms with Gasteiger partial charge in [-0.05, 0) is 92.3 Å². The summed E-state index contributed by atoms with van der Waals surface area (Å²) in [7, 11) is 0. The molecule has 0 aromatic heterocycles. The van der Waals surface area contributed by atoms with Gasteiger partial charge < -0.3 is 4.74 Å². The van der Waals surface area contributed by atoms with Crippen LogP contribution in [0.15, 0.2) is 11.6 Å². The first-order chi connectivity index (χ1) is 15.2. The van der Waals surface area contributed by atoms with Crippen LogP contribution in [0.3, 0.4) is 0 Å². The monoisotopic (exact) mass is 456 g/mol. The zero-order valence-electron chi connectivity index (χ0n) is 22.6. The summed E-state index contributed by atoms with van der Waals surface area (Å²) in [4.78, 5) is 25.1. The van der Waals surface area contributed by atoms with E-state index in [1.54, 1.807) is 5.57 Å². The first-order valence-electron chi connectivity index (χ1n) is 13.7. The number of Topliss-reactive ketones (excluding diaryl/α,β-unsaturated/α-hetero) is 1. The standard InChI is InChI=1S/C30H48O3/c1-19(2)17-21(31)18-20(3)22-11-15-30(8)24-9-10-25-27(4,5)33-26(32)13-14-28(25,6)23(24)12-16-29(22,30)7/h12,19-20,22,24-25H,9-11,13-18H2,1-8H3. The molecular formula is C30H48O3. The van der Waals surface area contributed by atoms with Gasteiger partial charge in [0.15, 0.2) is 0 Å². The molecule has 7 atom stereocenters. The Morgan fingerprint density at radius 3 is 2.36 bits per heavy atom. The number of ketones is 1. The van der Waals surface area contributed by atoms with Gasteiger partial charge in [-0.3, -0.25) is 9.59 Å². The summed E-state index contributed by atoms with van der Waals surface area (Å²) in [6.07, 6.45) is 11.5. The van der Waals surface area contributed by atoms with E-state index >= 15 is 0 Å². The first kappa shape index (κ1) is 25.0. The maximum Gasteiger partial charge on any atom is 0.306 e. The van der Waals surface area contributed by atoms with Gasteiger partial charge in [0.05, 0.1) is 0 Å². The predicted molar refractivity (Wildman–Crippen MR) is 134 cm³/mol. The number of ether oxygens (including phenoxy) is 1. The molecule has 186 valence electrons. The fraction of sp³-hybridized carbons (Fsp3) is 0.867. The fourth-order valence-electron chi connectivity index (χ4n) is 9.37. The quantitative estimate of drug-likeness (QED) is 0.317. The van der Waals surface area contributed by atoms with Crippen molar-refractivity contribution in [2.45, 2.75) is 119 Å². The van der Waals surface area contributed by atoms with Gasteiger partial charge in [-0.2, -0.15) is 0 Å². The van der Waals surface area contributed by atoms with E-state index in [2.05, 4.69) is 61.5 Å². The smallest absolute Gasteiger partial charge is 0.306 e. The summed E-state index contributed by atoms with van der Waals surface area (Å²) >= 11 is 0. The second-order valence-corrected chi connectivity index (χ2v) is 13.8. The molecule has 3 nitrogen and oxygen atoms in total. The van der Waals surface area contributed by atoms with Gasteiger partial charge in [0, 0.05) is 25.2 Å². The molecule has 4 aliphatic rings. The van der Waals surface area contributed by atoms with Crippen LogP contribution in [0.4, 0.5) is 0 Å². The van der Waals surface area contributed by atoms with E-state index in [0.29, 0.717) is 48.2 Å². The van der Waals surface area contributed by atoms with Gasteiger partial charge in [-0.1, -0.05) is 53.2 Å². The summed E-state index contributed by atoms with van der Waals surface area (Å²) in [6, 6.07) is 0. The van der Waals surface area contributed by atoms with Gasteiger partial charge in [-0.25, -0.2) is 0 Å². The van der Waals surface area contributed by atoms with E-state index in [1.165, 1.54) is 19.3 Å². The number of hydrogen-bond acceptors (Lipinski definition) is 3. The maximum atomic E-state index is 12.7. The lowest BCUT2D eigenvalue weighted by atomic mass is 9.44. The number of cyclic esters (lactones) is 1. The average Bonchev–Trinajstić information content (AvgIpc) is 2.92. The second-order valence-electron chi connectivity index (χ2n) is 13.8. The molecule has 0 amide bonds. The van der Waals surface area contributed by atoms with Crippen LogP contribution in [0.2, 0.25) is 0 Å². The van der Waals surface area contributed by atoms with Crippen molar-refractivity contribution in [3.8, 4) is 0 Å². The van der Waals surface area contributed by atoms with Crippen molar-refractivity contribution in [2.75, 3.05) is 0 Å². The van der Waals surface area contributed by atoms with Crippen LogP contribution in [0.1, 0.15) is 113 Å². The van der Waals surface area contributed by atoms with Crippen molar-refractivity contribution in [3.05, 3.63) is 11.6 Å². The highest BCUT2D eigenvalue weighted by Crippen LogP contribution is 2.72. The van der Waals surface area contributed by atoms with Gasteiger partial charge in [0.1, 0.15) is 11.4 Å². The van der Waals surface area contributed by atoms with Crippen LogP contribution in [0, 0.1) is 45.8 Å². The minimum atomic E-state index is -0.403. The van der Waals surface area contributed by atoms with Crippen molar-refractivity contribution in [1.82, 2.24) is 0 Å². The fourth-order valence-corrected chi connectivity index (χ4v) is 9.37. The number of esters is 1. The molecule has 4 rings (SSSR count). The van der Waals surface area contributed by atoms with Crippen molar-refractivity contribution in [3.63, 3.8) is 0 Å². The van der Waals surface area contributed by atoms with E-state index < -0.39 is 5.60 Å². The van der Waals surface area contributed by atoms with Crippen molar-refractivity contribution in [1.29, 1.82) is 0 Å². The van der Waals surface area contributed by atoms with E-state index in [1.807, 2.05) is 0 Å². The van der Waals surface area contributed by atoms with Gasteiger partial charge in [0.2, 0.25) is 0 Å². The Labute approximate surface area is 202 Å². The normalized spacial score (nSPS) is 43.0. The van der Waals surface area contributed by atoms with Crippen LogP contribution in [-0.2, 0) is 14.3 Å². The number of carbonyl (C=O) groups is 2. The van der Waals surface area contributed by atoms with E-state index in [0.717, 1.165) is 25.7 Å². The van der Waals surface area contributed by atoms with Crippen LogP contribution < -0.4 is 0 Å². The lowest BCUT2D eigenvalue weighted by molar-refractivity contribution is -0.162. The molecule has 7 unspecified atom stereocenters. The Morgan fingerprint density at radius 2 is 1.70 bits per heavy atom. The zero-order valence-corrected chi connectivity index (χ0v) is 22.6. The molecule has 3 fully saturated rings. The van der Waals surface area contributed by atoms with Gasteiger partial charge in [-0.15, -0.1) is 0 Å². The summed E-state index contributed by atoms with van der Waals surface area (Å²) < 4.78 is 5.96. The Kier molecular flexibility index (Phi) is 6.23. The third-order valence-electron chi connectivity index (χ3n) is 11.1. The molecule has 3 aliphatic carbocycles. The molecule has 0 aromatic rings. The summed E-state index contributed by atoms with van der Waals surface area (Å²) in [5.41, 5.74) is 1.79. The van der Waals surface area contributed by atoms with Crippen LogP contribution in [0.5, 0.6) is 0 Å². The number of rotatable bonds is 5. The molecule has 1 saturated heterocycles. The minimum absolute atomic E-state index is 0.0274. The number of allylic oxidation sites excluding steroid dienone is 2. The molecule has 0 bridgehead atoms. The highest BCUT2D eigenvalue weighted by Gasteiger charge is 2.64. The molecular weight excluding hydrogens is 408 g/mol. The Morgan fingerprint density at radius 1 is 1.00 bits per heavy atom. The van der Waals surface area contributed by atoms with Gasteiger partial charge >= 0.3 is 5.97 Å². The Hall–Kier alpha value is -1.12. The van der Waals surface area contributed by atoms with Crippen molar-refractivity contribution in [2.24, 2.45) is 45.8 Å². The maximum absolute atomic E-state index is 12.7. The average molecular weight is 457 g/mol. The second kappa shape index (κ2) is 8.23. The summed E-state index contributed by atoms with van der Waals surface area (Å²) in [6.45, 7) is 18.5. The summed E-state index contributed by atoms with van der Waals surface area (Å²) in [5, 5.41) is 0. The molecule has 33 heavy (non-hydrogen) atoms. The van der Waals surface area contributed by atoms with Crippen LogP contribution in [0.25, 0.3) is 0 Å². The molecule has 1 aliphatic heterocycles. The molecule has 0 radical (unpaired) electrons. The zero-order chi connectivity index (χ0) is 24.4. The van der Waals surface area contributed by atoms with E-state index in [4.69, 9.17) is 4.74 Å². The minimum Gasteiger partial charge on any atom is -0.459 e. The number of fused-ring (bicyclic) bond motifs is 5. The SMILES string of the molecule is CC(C)CC(=O)CC(C)C1CCC2(C)C3CCC4C(C)(C)OC(=O)CCC4(C)C3=CCC12C. The lowest BCUT2D eigenvalue weighted by Crippen LogP contribution is -2.55. The molecule has 1 heterocycles. The highest BCUT2D eigenvalue weighted by atomic mass is 16.6. The molecule has 0 spiro atoms. The van der Waals surface area contributed by atoms with Crippen LogP contribution in [-0.4, -0.2) is 17.4 Å². The third kappa shape index (κ3) is 3.84. The molecule has 0 aromatic carbocycles. The third-order valence-corrected chi connectivity index (χ3v) is 11.1. The van der Waals surface area contributed by atoms with Crippen molar-refractivity contribution < 1.29 is 14.3 Å². The number of carbonyl (C=O) groups excluding carboxylic acids is 2. The highest BCUT2D eigenvalue weighted by molar-refractivity contribution is 5.78. The van der Waals surface area contributed by atoms with E-state index in [-0.39, 0.29) is 22.2 Å². The van der Waals surface area contributed by atoms with Gasteiger partial charge in [0.25, 0.3) is 0 Å². The lowest BCUT2D eigenvalue weighted by Gasteiger charge is -2.61. The number of hydrogen-bond donors (Lipinski definition) is 0. The van der Waals surface area contributed by atoms with E-state index in [9.17, 15) is 9.59 Å². The largest absolute Gasteiger partial charge is 0.459 e. The van der Waals surface area contributed by atoms with Crippen molar-refractivity contribution >= 4 is 11.8 Å². The molecule has 0 N–H and O–H groups in total. The molecule has 3 heteroatoms. The van der Waals surface area contributed by atoms with Crippen LogP contribution >= 0.6 is 0 Å². The predicted octanol–water partition coefficient (Wildman–Crippen LogP) is 7.53. The Balaban J connectivity index is 1.64. The topological polar surface area (TPSA) is 43.4 Å².